The Morgan fingerprint density at radius 2 is 1.43 bits per heavy atom. The van der Waals surface area contributed by atoms with Gasteiger partial charge in [-0.05, 0) is 48.2 Å². The Kier molecular flexibility index (Phi) is 11.6. The Labute approximate surface area is 185 Å². The van der Waals surface area contributed by atoms with Crippen molar-refractivity contribution in [1.82, 2.24) is 10.6 Å². The number of hydrogen-bond acceptors (Lipinski definition) is 3. The highest BCUT2D eigenvalue weighted by molar-refractivity contribution is 14.0. The van der Waals surface area contributed by atoms with Gasteiger partial charge in [-0.25, -0.2) is 0 Å². The quantitative estimate of drug-likeness (QED) is 0.244. The normalized spacial score (nSPS) is 10.4. The van der Waals surface area contributed by atoms with Crippen molar-refractivity contribution in [2.75, 3.05) is 33.9 Å². The van der Waals surface area contributed by atoms with E-state index in [1.807, 2.05) is 36.4 Å². The summed E-state index contributed by atoms with van der Waals surface area (Å²) in [7, 11) is 3.45. The van der Waals surface area contributed by atoms with Crippen LogP contribution < -0.4 is 20.1 Å². The number of rotatable bonds is 9. The molecule has 150 valence electrons. The Morgan fingerprint density at radius 3 is 1.86 bits per heavy atom. The number of halogens is 1. The van der Waals surface area contributed by atoms with Gasteiger partial charge in [-0.2, -0.15) is 0 Å². The summed E-state index contributed by atoms with van der Waals surface area (Å²) >= 11 is 0. The standard InChI is InChI=1S/C22H27N3O2.HI/c1-4-17-27-21-11-7-19(8-12-21)14-16-25-22(23-2)24-15-13-18-5-9-20(26-3)10-6-18;/h1,5-12H,13-17H2,2-3H3,(H2,23,24,25);1H. The van der Waals surface area contributed by atoms with Crippen molar-refractivity contribution in [3.8, 4) is 23.8 Å². The molecule has 0 heterocycles. The van der Waals surface area contributed by atoms with E-state index in [4.69, 9.17) is 15.9 Å². The second-order valence-electron chi connectivity index (χ2n) is 5.91. The van der Waals surface area contributed by atoms with Crippen molar-refractivity contribution in [1.29, 1.82) is 0 Å². The summed E-state index contributed by atoms with van der Waals surface area (Å²) in [5, 5.41) is 6.67. The third-order valence-electron chi connectivity index (χ3n) is 4.04. The molecule has 28 heavy (non-hydrogen) atoms. The van der Waals surface area contributed by atoms with Crippen LogP contribution in [0, 0.1) is 12.3 Å². The zero-order valence-corrected chi connectivity index (χ0v) is 18.7. The van der Waals surface area contributed by atoms with Crippen molar-refractivity contribution >= 4 is 29.9 Å². The molecule has 2 aromatic rings. The Morgan fingerprint density at radius 1 is 0.929 bits per heavy atom. The van der Waals surface area contributed by atoms with E-state index in [1.165, 1.54) is 11.1 Å². The number of aliphatic imine (C=N–C) groups is 1. The Hall–Kier alpha value is -2.40. The number of benzene rings is 2. The predicted molar refractivity (Wildman–Crippen MR) is 126 cm³/mol. The number of hydrogen-bond donors (Lipinski definition) is 2. The smallest absolute Gasteiger partial charge is 0.190 e. The Bertz CT molecular complexity index is 753. The molecule has 6 heteroatoms. The van der Waals surface area contributed by atoms with E-state index in [0.29, 0.717) is 6.61 Å². The van der Waals surface area contributed by atoms with Crippen LogP contribution in [-0.2, 0) is 12.8 Å². The Balaban J connectivity index is 0.00000392. The third-order valence-corrected chi connectivity index (χ3v) is 4.04. The highest BCUT2D eigenvalue weighted by Gasteiger charge is 2.00. The first kappa shape index (κ1) is 23.6. The molecule has 0 radical (unpaired) electrons. The fourth-order valence-corrected chi connectivity index (χ4v) is 2.54. The molecule has 2 rings (SSSR count). The lowest BCUT2D eigenvalue weighted by Crippen LogP contribution is -2.39. The minimum absolute atomic E-state index is 0. The lowest BCUT2D eigenvalue weighted by molar-refractivity contribution is 0.370. The van der Waals surface area contributed by atoms with Gasteiger partial charge < -0.3 is 20.1 Å². The number of methoxy groups -OCH3 is 1. The van der Waals surface area contributed by atoms with Crippen molar-refractivity contribution in [3.63, 3.8) is 0 Å². The molecule has 0 saturated carbocycles. The molecule has 2 aromatic carbocycles. The maximum Gasteiger partial charge on any atom is 0.190 e. The molecule has 0 aliphatic rings. The maximum atomic E-state index is 5.38. The van der Waals surface area contributed by atoms with Crippen molar-refractivity contribution in [2.24, 2.45) is 4.99 Å². The van der Waals surface area contributed by atoms with Gasteiger partial charge in [-0.15, -0.1) is 30.4 Å². The monoisotopic (exact) mass is 493 g/mol. The van der Waals surface area contributed by atoms with Crippen LogP contribution in [0.2, 0.25) is 0 Å². The largest absolute Gasteiger partial charge is 0.497 e. The minimum Gasteiger partial charge on any atom is -0.497 e. The fraction of sp³-hybridized carbons (Fsp3) is 0.318. The zero-order valence-electron chi connectivity index (χ0n) is 16.4. The topological polar surface area (TPSA) is 54.9 Å². The summed E-state index contributed by atoms with van der Waals surface area (Å²) in [4.78, 5) is 4.26. The molecule has 0 saturated heterocycles. The molecule has 0 amide bonds. The van der Waals surface area contributed by atoms with E-state index in [2.05, 4.69) is 33.7 Å². The van der Waals surface area contributed by atoms with Gasteiger partial charge in [0, 0.05) is 20.1 Å². The van der Waals surface area contributed by atoms with Gasteiger partial charge >= 0.3 is 0 Å². The van der Waals surface area contributed by atoms with Crippen LogP contribution in [0.5, 0.6) is 11.5 Å². The second-order valence-corrected chi connectivity index (χ2v) is 5.91. The third kappa shape index (κ3) is 8.53. The molecule has 2 N–H and O–H groups in total. The van der Waals surface area contributed by atoms with Crippen LogP contribution in [0.4, 0.5) is 0 Å². The molecular weight excluding hydrogens is 465 g/mol. The number of nitrogens with one attached hydrogen (secondary N) is 2. The van der Waals surface area contributed by atoms with Crippen LogP contribution in [0.1, 0.15) is 11.1 Å². The van der Waals surface area contributed by atoms with Crippen LogP contribution in [0.15, 0.2) is 53.5 Å². The van der Waals surface area contributed by atoms with Gasteiger partial charge in [0.2, 0.25) is 0 Å². The molecule has 0 fully saturated rings. The lowest BCUT2D eigenvalue weighted by Gasteiger charge is -2.12. The molecule has 5 nitrogen and oxygen atoms in total. The molecule has 0 atom stereocenters. The van der Waals surface area contributed by atoms with Crippen LogP contribution >= 0.6 is 24.0 Å². The summed E-state index contributed by atoms with van der Waals surface area (Å²) in [6, 6.07) is 16.1. The molecule has 0 unspecified atom stereocenters. The highest BCUT2D eigenvalue weighted by atomic mass is 127. The molecule has 0 spiro atoms. The molecule has 0 bridgehead atoms. The minimum atomic E-state index is 0. The molecule has 0 aromatic heterocycles. The maximum absolute atomic E-state index is 5.38. The number of ether oxygens (including phenoxy) is 2. The SMILES string of the molecule is C#CCOc1ccc(CCNC(=NC)NCCc2ccc(OC)cc2)cc1.I. The number of terminal acetylenes is 1. The van der Waals surface area contributed by atoms with Gasteiger partial charge in [0.1, 0.15) is 18.1 Å². The van der Waals surface area contributed by atoms with E-state index < -0.39 is 0 Å². The summed E-state index contributed by atoms with van der Waals surface area (Å²) in [5.41, 5.74) is 2.48. The summed E-state index contributed by atoms with van der Waals surface area (Å²) in [6.07, 6.45) is 7.01. The van der Waals surface area contributed by atoms with E-state index >= 15 is 0 Å². The lowest BCUT2D eigenvalue weighted by atomic mass is 10.1. The first-order chi connectivity index (χ1) is 13.2. The van der Waals surface area contributed by atoms with E-state index in [9.17, 15) is 0 Å². The van der Waals surface area contributed by atoms with Gasteiger partial charge in [0.15, 0.2) is 5.96 Å². The van der Waals surface area contributed by atoms with Gasteiger partial charge in [0.25, 0.3) is 0 Å². The number of nitrogens with zero attached hydrogens (tertiary/aromatic N) is 1. The zero-order chi connectivity index (χ0) is 19.3. The van der Waals surface area contributed by atoms with Crippen LogP contribution in [0.3, 0.4) is 0 Å². The summed E-state index contributed by atoms with van der Waals surface area (Å²) < 4.78 is 10.6. The van der Waals surface area contributed by atoms with E-state index in [0.717, 1.165) is 43.4 Å². The van der Waals surface area contributed by atoms with E-state index in [-0.39, 0.29) is 24.0 Å². The van der Waals surface area contributed by atoms with Crippen molar-refractivity contribution in [2.45, 2.75) is 12.8 Å². The molecular formula is C22H28IN3O2. The van der Waals surface area contributed by atoms with Crippen LogP contribution in [-0.4, -0.2) is 39.8 Å². The average molecular weight is 493 g/mol. The molecule has 0 aliphatic heterocycles. The average Bonchev–Trinajstić information content (AvgIpc) is 2.72. The van der Waals surface area contributed by atoms with Crippen molar-refractivity contribution in [3.05, 3.63) is 59.7 Å². The van der Waals surface area contributed by atoms with Crippen LogP contribution in [0.25, 0.3) is 0 Å². The van der Waals surface area contributed by atoms with Gasteiger partial charge in [-0.3, -0.25) is 4.99 Å². The summed E-state index contributed by atoms with van der Waals surface area (Å²) in [6.45, 7) is 1.90. The van der Waals surface area contributed by atoms with Crippen molar-refractivity contribution < 1.29 is 9.47 Å². The summed E-state index contributed by atoms with van der Waals surface area (Å²) in [5.74, 6) is 4.93. The second kappa shape index (κ2) is 13.7. The van der Waals surface area contributed by atoms with Gasteiger partial charge in [0.05, 0.1) is 7.11 Å². The first-order valence-corrected chi connectivity index (χ1v) is 8.98. The van der Waals surface area contributed by atoms with E-state index in [1.54, 1.807) is 14.2 Å². The first-order valence-electron chi connectivity index (χ1n) is 8.98. The number of guanidine groups is 1. The van der Waals surface area contributed by atoms with Gasteiger partial charge in [-0.1, -0.05) is 30.2 Å². The fourth-order valence-electron chi connectivity index (χ4n) is 2.54. The molecule has 0 aliphatic carbocycles. The predicted octanol–water partition coefficient (Wildman–Crippen LogP) is 3.28. The highest BCUT2D eigenvalue weighted by Crippen LogP contribution is 2.12.